The zero-order valence-corrected chi connectivity index (χ0v) is 12.7. The molecule has 0 heterocycles. The van der Waals surface area contributed by atoms with Gasteiger partial charge in [0.15, 0.2) is 0 Å². The molecule has 0 saturated heterocycles. The summed E-state index contributed by atoms with van der Waals surface area (Å²) < 4.78 is 5.30. The van der Waals surface area contributed by atoms with E-state index < -0.39 is 0 Å². The quantitative estimate of drug-likeness (QED) is 0.881. The number of methoxy groups -OCH3 is 1. The van der Waals surface area contributed by atoms with Gasteiger partial charge < -0.3 is 10.1 Å². The van der Waals surface area contributed by atoms with Gasteiger partial charge in [-0.1, -0.05) is 25.8 Å². The Morgan fingerprint density at radius 1 is 1.21 bits per heavy atom. The van der Waals surface area contributed by atoms with Gasteiger partial charge in [-0.25, -0.2) is 0 Å². The van der Waals surface area contributed by atoms with Crippen molar-refractivity contribution in [3.05, 3.63) is 29.3 Å². The van der Waals surface area contributed by atoms with Gasteiger partial charge in [-0.3, -0.25) is 0 Å². The number of aryl methyl sites for hydroxylation is 1. The van der Waals surface area contributed by atoms with Crippen LogP contribution in [0, 0.1) is 18.8 Å². The maximum atomic E-state index is 5.30. The van der Waals surface area contributed by atoms with Gasteiger partial charge in [0.05, 0.1) is 7.11 Å². The van der Waals surface area contributed by atoms with Gasteiger partial charge in [0.1, 0.15) is 5.75 Å². The Morgan fingerprint density at radius 2 is 1.89 bits per heavy atom. The molecular formula is C17H27NO. The lowest BCUT2D eigenvalue weighted by molar-refractivity contribution is 0.237. The molecule has 2 nitrogen and oxygen atoms in total. The fourth-order valence-corrected chi connectivity index (χ4v) is 3.39. The van der Waals surface area contributed by atoms with Crippen LogP contribution in [0.4, 0.5) is 0 Å². The van der Waals surface area contributed by atoms with E-state index in [9.17, 15) is 0 Å². The third kappa shape index (κ3) is 3.30. The van der Waals surface area contributed by atoms with Crippen molar-refractivity contribution < 1.29 is 4.74 Å². The lowest BCUT2D eigenvalue weighted by Gasteiger charge is -2.33. The molecule has 0 amide bonds. The molecule has 1 saturated carbocycles. The van der Waals surface area contributed by atoms with Crippen molar-refractivity contribution >= 4 is 0 Å². The van der Waals surface area contributed by atoms with E-state index in [4.69, 9.17) is 4.74 Å². The molecule has 0 aromatic heterocycles. The maximum Gasteiger partial charge on any atom is 0.119 e. The highest BCUT2D eigenvalue weighted by Gasteiger charge is 2.27. The SMILES string of the molecule is CNC(c1ccc(OC)cc1C)C1CCC(C)CC1. The molecule has 1 aromatic rings. The summed E-state index contributed by atoms with van der Waals surface area (Å²) in [5.74, 6) is 2.63. The van der Waals surface area contributed by atoms with Gasteiger partial charge in [-0.2, -0.15) is 0 Å². The van der Waals surface area contributed by atoms with Gasteiger partial charge in [0, 0.05) is 6.04 Å². The number of ether oxygens (including phenoxy) is 1. The monoisotopic (exact) mass is 261 g/mol. The van der Waals surface area contributed by atoms with E-state index in [2.05, 4.69) is 44.4 Å². The van der Waals surface area contributed by atoms with Crippen LogP contribution in [-0.4, -0.2) is 14.2 Å². The second-order valence-electron chi connectivity index (χ2n) is 6.01. The van der Waals surface area contributed by atoms with E-state index in [1.165, 1.54) is 36.8 Å². The van der Waals surface area contributed by atoms with Crippen LogP contribution in [0.1, 0.15) is 49.8 Å². The molecule has 1 aliphatic carbocycles. The Bertz CT molecular complexity index is 408. The minimum Gasteiger partial charge on any atom is -0.497 e. The zero-order chi connectivity index (χ0) is 13.8. The van der Waals surface area contributed by atoms with Gasteiger partial charge >= 0.3 is 0 Å². The molecule has 1 unspecified atom stereocenters. The largest absolute Gasteiger partial charge is 0.497 e. The minimum atomic E-state index is 0.485. The minimum absolute atomic E-state index is 0.485. The first-order valence-electron chi connectivity index (χ1n) is 7.47. The Balaban J connectivity index is 2.17. The van der Waals surface area contributed by atoms with Crippen LogP contribution in [0.3, 0.4) is 0 Å². The molecule has 2 rings (SSSR count). The Morgan fingerprint density at radius 3 is 2.42 bits per heavy atom. The molecule has 0 radical (unpaired) electrons. The number of hydrogen-bond donors (Lipinski definition) is 1. The Kier molecular flexibility index (Phi) is 4.87. The van der Waals surface area contributed by atoms with Crippen LogP contribution in [0.2, 0.25) is 0 Å². The highest BCUT2D eigenvalue weighted by atomic mass is 16.5. The van der Waals surface area contributed by atoms with Gasteiger partial charge in [0.2, 0.25) is 0 Å². The summed E-state index contributed by atoms with van der Waals surface area (Å²) in [6, 6.07) is 6.94. The fraction of sp³-hybridized carbons (Fsp3) is 0.647. The average Bonchev–Trinajstić information content (AvgIpc) is 2.43. The summed E-state index contributed by atoms with van der Waals surface area (Å²) in [5, 5.41) is 3.54. The lowest BCUT2D eigenvalue weighted by Crippen LogP contribution is -2.28. The van der Waals surface area contributed by atoms with Crippen molar-refractivity contribution in [1.82, 2.24) is 5.32 Å². The summed E-state index contributed by atoms with van der Waals surface area (Å²) >= 11 is 0. The molecule has 0 spiro atoms. The molecule has 1 aliphatic rings. The Hall–Kier alpha value is -1.02. The number of rotatable bonds is 4. The van der Waals surface area contributed by atoms with Crippen LogP contribution in [-0.2, 0) is 0 Å². The average molecular weight is 261 g/mol. The molecule has 0 aliphatic heterocycles. The molecule has 2 heteroatoms. The molecule has 1 aromatic carbocycles. The highest BCUT2D eigenvalue weighted by Crippen LogP contribution is 2.38. The van der Waals surface area contributed by atoms with E-state index in [0.29, 0.717) is 6.04 Å². The van der Waals surface area contributed by atoms with Crippen LogP contribution in [0.5, 0.6) is 5.75 Å². The van der Waals surface area contributed by atoms with Crippen molar-refractivity contribution in [2.24, 2.45) is 11.8 Å². The predicted molar refractivity (Wildman–Crippen MR) is 80.7 cm³/mol. The summed E-state index contributed by atoms with van der Waals surface area (Å²) in [6.45, 7) is 4.57. The summed E-state index contributed by atoms with van der Waals surface area (Å²) in [6.07, 6.45) is 5.44. The first kappa shape index (κ1) is 14.4. The first-order chi connectivity index (χ1) is 9.15. The summed E-state index contributed by atoms with van der Waals surface area (Å²) in [4.78, 5) is 0. The number of nitrogens with one attached hydrogen (secondary N) is 1. The summed E-state index contributed by atoms with van der Waals surface area (Å²) in [7, 11) is 3.82. The number of benzene rings is 1. The summed E-state index contributed by atoms with van der Waals surface area (Å²) in [5.41, 5.74) is 2.76. The van der Waals surface area contributed by atoms with Crippen molar-refractivity contribution in [1.29, 1.82) is 0 Å². The smallest absolute Gasteiger partial charge is 0.119 e. The molecule has 1 atom stereocenters. The molecule has 106 valence electrons. The molecular weight excluding hydrogens is 234 g/mol. The third-order valence-corrected chi connectivity index (χ3v) is 4.65. The van der Waals surface area contributed by atoms with Crippen LogP contribution < -0.4 is 10.1 Å². The van der Waals surface area contributed by atoms with Gasteiger partial charge in [0.25, 0.3) is 0 Å². The van der Waals surface area contributed by atoms with Crippen LogP contribution in [0.15, 0.2) is 18.2 Å². The van der Waals surface area contributed by atoms with E-state index in [1.807, 2.05) is 0 Å². The van der Waals surface area contributed by atoms with Crippen molar-refractivity contribution in [3.8, 4) is 5.75 Å². The van der Waals surface area contributed by atoms with Crippen LogP contribution >= 0.6 is 0 Å². The second-order valence-corrected chi connectivity index (χ2v) is 6.01. The highest BCUT2D eigenvalue weighted by molar-refractivity contribution is 5.37. The van der Waals surface area contributed by atoms with E-state index >= 15 is 0 Å². The lowest BCUT2D eigenvalue weighted by atomic mass is 9.76. The van der Waals surface area contributed by atoms with E-state index in [0.717, 1.165) is 17.6 Å². The zero-order valence-electron chi connectivity index (χ0n) is 12.7. The standard InChI is InChI=1S/C17H27NO/c1-12-5-7-14(8-6-12)17(18-3)16-10-9-15(19-4)11-13(16)2/h9-12,14,17-18H,5-8H2,1-4H3. The molecule has 1 N–H and O–H groups in total. The number of hydrogen-bond acceptors (Lipinski definition) is 2. The van der Waals surface area contributed by atoms with Gasteiger partial charge in [-0.05, 0) is 61.9 Å². The predicted octanol–water partition coefficient (Wildman–Crippen LogP) is 4.09. The first-order valence-corrected chi connectivity index (χ1v) is 7.47. The Labute approximate surface area is 117 Å². The molecule has 1 fully saturated rings. The van der Waals surface area contributed by atoms with E-state index in [-0.39, 0.29) is 0 Å². The fourth-order valence-electron chi connectivity index (χ4n) is 3.39. The topological polar surface area (TPSA) is 21.3 Å². The maximum absolute atomic E-state index is 5.30. The van der Waals surface area contributed by atoms with Crippen molar-refractivity contribution in [2.45, 2.75) is 45.6 Å². The third-order valence-electron chi connectivity index (χ3n) is 4.65. The van der Waals surface area contributed by atoms with Crippen molar-refractivity contribution in [2.75, 3.05) is 14.2 Å². The van der Waals surface area contributed by atoms with Crippen LogP contribution in [0.25, 0.3) is 0 Å². The molecule has 0 bridgehead atoms. The second kappa shape index (κ2) is 6.42. The van der Waals surface area contributed by atoms with E-state index in [1.54, 1.807) is 7.11 Å². The van der Waals surface area contributed by atoms with Crippen molar-refractivity contribution in [3.63, 3.8) is 0 Å². The van der Waals surface area contributed by atoms with Gasteiger partial charge in [-0.15, -0.1) is 0 Å². The normalized spacial score (nSPS) is 25.1. The molecule has 19 heavy (non-hydrogen) atoms.